The third kappa shape index (κ3) is 2.92. The molecule has 0 bridgehead atoms. The first-order chi connectivity index (χ1) is 13.5. The zero-order valence-corrected chi connectivity index (χ0v) is 15.6. The molecule has 3 aromatic rings. The minimum Gasteiger partial charge on any atom is -0.375 e. The molecular weight excluding hydrogens is 350 g/mol. The molecule has 4 nitrogen and oxygen atoms in total. The van der Waals surface area contributed by atoms with E-state index in [0.717, 1.165) is 11.1 Å². The summed E-state index contributed by atoms with van der Waals surface area (Å²) in [5, 5.41) is 11.2. The summed E-state index contributed by atoms with van der Waals surface area (Å²) in [5.74, 6) is -0.700. The molecule has 28 heavy (non-hydrogen) atoms. The number of para-hydroxylation sites is 1. The number of hydrogen-bond donors (Lipinski definition) is 1. The van der Waals surface area contributed by atoms with E-state index in [9.17, 15) is 14.7 Å². The lowest BCUT2D eigenvalue weighted by Crippen LogP contribution is -2.41. The van der Waals surface area contributed by atoms with Gasteiger partial charge in [0.2, 0.25) is 0 Å². The number of carbonyl (C=O) groups excluding carboxylic acids is 2. The second-order valence-corrected chi connectivity index (χ2v) is 6.97. The molecule has 3 aromatic carbocycles. The summed E-state index contributed by atoms with van der Waals surface area (Å²) in [6.45, 7) is 2.29. The highest BCUT2D eigenvalue weighted by Gasteiger charge is 2.50. The van der Waals surface area contributed by atoms with E-state index in [2.05, 4.69) is 0 Å². The van der Waals surface area contributed by atoms with Crippen LogP contribution in [0.1, 0.15) is 29.3 Å². The minimum atomic E-state index is -1.82. The van der Waals surface area contributed by atoms with E-state index >= 15 is 0 Å². The van der Waals surface area contributed by atoms with Gasteiger partial charge in [0, 0.05) is 17.7 Å². The van der Waals surface area contributed by atoms with Gasteiger partial charge in [-0.05, 0) is 24.1 Å². The molecule has 0 radical (unpaired) electrons. The molecule has 4 rings (SSSR count). The van der Waals surface area contributed by atoms with Crippen LogP contribution >= 0.6 is 0 Å². The van der Waals surface area contributed by atoms with E-state index < -0.39 is 11.5 Å². The fraction of sp³-hybridized carbons (Fsp3) is 0.167. The SMILES string of the molecule is CCN1C(=O)[C@@](O)(CC(=O)c2ccc(-c3ccccc3)cc2)c2ccccc21. The predicted molar refractivity (Wildman–Crippen MR) is 109 cm³/mol. The summed E-state index contributed by atoms with van der Waals surface area (Å²) >= 11 is 0. The van der Waals surface area contributed by atoms with Crippen molar-refractivity contribution in [3.8, 4) is 11.1 Å². The summed E-state index contributed by atoms with van der Waals surface area (Å²) in [6, 6.07) is 24.3. The molecule has 1 atom stereocenters. The summed E-state index contributed by atoms with van der Waals surface area (Å²) < 4.78 is 0. The molecule has 0 fully saturated rings. The molecule has 1 heterocycles. The summed E-state index contributed by atoms with van der Waals surface area (Å²) in [5.41, 5.74) is 1.91. The molecule has 0 aromatic heterocycles. The molecule has 1 amide bonds. The molecular formula is C24H21NO3. The first-order valence-electron chi connectivity index (χ1n) is 9.37. The monoisotopic (exact) mass is 371 g/mol. The molecule has 0 unspecified atom stereocenters. The maximum Gasteiger partial charge on any atom is 0.264 e. The third-order valence-corrected chi connectivity index (χ3v) is 5.29. The highest BCUT2D eigenvalue weighted by molar-refractivity contribution is 6.10. The smallest absolute Gasteiger partial charge is 0.264 e. The number of nitrogens with zero attached hydrogens (tertiary/aromatic N) is 1. The van der Waals surface area contributed by atoms with Crippen molar-refractivity contribution in [3.63, 3.8) is 0 Å². The van der Waals surface area contributed by atoms with Crippen molar-refractivity contribution in [2.45, 2.75) is 18.9 Å². The van der Waals surface area contributed by atoms with Gasteiger partial charge in [0.25, 0.3) is 5.91 Å². The minimum absolute atomic E-state index is 0.261. The van der Waals surface area contributed by atoms with E-state index in [0.29, 0.717) is 23.4 Å². The topological polar surface area (TPSA) is 57.6 Å². The molecule has 0 saturated heterocycles. The van der Waals surface area contributed by atoms with Gasteiger partial charge >= 0.3 is 0 Å². The van der Waals surface area contributed by atoms with Crippen LogP contribution in [0.25, 0.3) is 11.1 Å². The largest absolute Gasteiger partial charge is 0.375 e. The van der Waals surface area contributed by atoms with Gasteiger partial charge in [0.15, 0.2) is 11.4 Å². The second-order valence-electron chi connectivity index (χ2n) is 6.97. The lowest BCUT2D eigenvalue weighted by molar-refractivity contribution is -0.135. The summed E-state index contributed by atoms with van der Waals surface area (Å²) in [4.78, 5) is 27.2. The van der Waals surface area contributed by atoms with E-state index in [1.807, 2.05) is 55.5 Å². The number of anilines is 1. The van der Waals surface area contributed by atoms with E-state index in [4.69, 9.17) is 0 Å². The Morgan fingerprint density at radius 2 is 1.50 bits per heavy atom. The first-order valence-corrected chi connectivity index (χ1v) is 9.37. The Bertz CT molecular complexity index is 1030. The maximum absolute atomic E-state index is 12.9. The average Bonchev–Trinajstić information content (AvgIpc) is 2.95. The number of amides is 1. The zero-order chi connectivity index (χ0) is 19.7. The number of ketones is 1. The van der Waals surface area contributed by atoms with Gasteiger partial charge in [0.05, 0.1) is 12.1 Å². The Balaban J connectivity index is 1.61. The zero-order valence-electron chi connectivity index (χ0n) is 15.6. The van der Waals surface area contributed by atoms with Crippen molar-refractivity contribution in [1.82, 2.24) is 0 Å². The standard InChI is InChI=1S/C24H21NO3/c1-2-25-21-11-7-6-10-20(21)24(28,23(25)27)16-22(26)19-14-12-18(13-15-19)17-8-4-3-5-9-17/h3-15,28H,2,16H2,1H3/t24-/m1/s1. The predicted octanol–water partition coefficient (Wildman–Crippen LogP) is 4.18. The number of rotatable bonds is 5. The van der Waals surface area contributed by atoms with Crippen molar-refractivity contribution >= 4 is 17.4 Å². The Morgan fingerprint density at radius 3 is 2.18 bits per heavy atom. The van der Waals surface area contributed by atoms with Crippen LogP contribution in [0.2, 0.25) is 0 Å². The molecule has 1 N–H and O–H groups in total. The van der Waals surface area contributed by atoms with E-state index in [-0.39, 0.29) is 12.2 Å². The van der Waals surface area contributed by atoms with Crippen molar-refractivity contribution in [3.05, 3.63) is 90.0 Å². The van der Waals surface area contributed by atoms with Crippen LogP contribution in [0, 0.1) is 0 Å². The average molecular weight is 371 g/mol. The van der Waals surface area contributed by atoms with Gasteiger partial charge in [-0.2, -0.15) is 0 Å². The molecule has 0 spiro atoms. The first kappa shape index (κ1) is 18.1. The van der Waals surface area contributed by atoms with Gasteiger partial charge < -0.3 is 10.0 Å². The molecule has 4 heteroatoms. The normalized spacial score (nSPS) is 18.2. The third-order valence-electron chi connectivity index (χ3n) is 5.29. The highest BCUT2D eigenvalue weighted by atomic mass is 16.3. The lowest BCUT2D eigenvalue weighted by Gasteiger charge is -2.22. The Kier molecular flexibility index (Phi) is 4.57. The molecule has 140 valence electrons. The molecule has 0 aliphatic carbocycles. The number of aliphatic hydroxyl groups is 1. The Labute approximate surface area is 164 Å². The number of benzene rings is 3. The summed E-state index contributed by atoms with van der Waals surface area (Å²) in [7, 11) is 0. The number of carbonyl (C=O) groups is 2. The van der Waals surface area contributed by atoms with Crippen LogP contribution in [-0.2, 0) is 10.4 Å². The molecule has 1 aliphatic rings. The molecule has 0 saturated carbocycles. The van der Waals surface area contributed by atoms with Gasteiger partial charge in [-0.1, -0.05) is 72.8 Å². The van der Waals surface area contributed by atoms with Gasteiger partial charge in [-0.3, -0.25) is 9.59 Å². The van der Waals surface area contributed by atoms with E-state index in [1.165, 1.54) is 4.90 Å². The van der Waals surface area contributed by atoms with Crippen LogP contribution in [0.5, 0.6) is 0 Å². The van der Waals surface area contributed by atoms with E-state index in [1.54, 1.807) is 30.3 Å². The highest BCUT2D eigenvalue weighted by Crippen LogP contribution is 2.42. The van der Waals surface area contributed by atoms with Crippen molar-refractivity contribution in [2.24, 2.45) is 0 Å². The number of hydrogen-bond acceptors (Lipinski definition) is 3. The number of fused-ring (bicyclic) bond motifs is 1. The number of likely N-dealkylation sites (N-methyl/N-ethyl adjacent to an activating group) is 1. The maximum atomic E-state index is 12.9. The van der Waals surface area contributed by atoms with Crippen molar-refractivity contribution < 1.29 is 14.7 Å². The van der Waals surface area contributed by atoms with Gasteiger partial charge in [-0.15, -0.1) is 0 Å². The van der Waals surface area contributed by atoms with Gasteiger partial charge in [-0.25, -0.2) is 0 Å². The fourth-order valence-electron chi connectivity index (χ4n) is 3.80. The van der Waals surface area contributed by atoms with Crippen LogP contribution in [0.4, 0.5) is 5.69 Å². The van der Waals surface area contributed by atoms with Crippen molar-refractivity contribution in [1.29, 1.82) is 0 Å². The van der Waals surface area contributed by atoms with Crippen LogP contribution < -0.4 is 4.90 Å². The lowest BCUT2D eigenvalue weighted by atomic mass is 9.88. The fourth-order valence-corrected chi connectivity index (χ4v) is 3.80. The van der Waals surface area contributed by atoms with Crippen LogP contribution in [0.15, 0.2) is 78.9 Å². The van der Waals surface area contributed by atoms with Gasteiger partial charge in [0.1, 0.15) is 0 Å². The van der Waals surface area contributed by atoms with Crippen LogP contribution in [0.3, 0.4) is 0 Å². The Morgan fingerprint density at radius 1 is 0.893 bits per heavy atom. The molecule has 1 aliphatic heterocycles. The van der Waals surface area contributed by atoms with Crippen LogP contribution in [-0.4, -0.2) is 23.3 Å². The second kappa shape index (κ2) is 7.06. The quantitative estimate of drug-likeness (QED) is 0.685. The van der Waals surface area contributed by atoms with Crippen molar-refractivity contribution in [2.75, 3.05) is 11.4 Å². The number of Topliss-reactive ketones (excluding diaryl/α,β-unsaturated/α-hetero) is 1. The summed E-state index contributed by atoms with van der Waals surface area (Å²) in [6.07, 6.45) is -0.274. The Hall–Kier alpha value is -3.24.